The Balaban J connectivity index is 1.90. The molecule has 21 heavy (non-hydrogen) atoms. The maximum Gasteiger partial charge on any atom is 0.158 e. The lowest BCUT2D eigenvalue weighted by atomic mass is 10.1. The number of aliphatic hydroxyl groups excluding tert-OH is 1. The Hall–Kier alpha value is -0.210. The molecule has 0 aromatic heterocycles. The van der Waals surface area contributed by atoms with Crippen LogP contribution in [0, 0.1) is 3.57 Å². The van der Waals surface area contributed by atoms with Crippen molar-refractivity contribution in [1.82, 2.24) is 0 Å². The van der Waals surface area contributed by atoms with E-state index in [-0.39, 0.29) is 18.5 Å². The highest BCUT2D eigenvalue weighted by Crippen LogP contribution is 2.22. The molecule has 0 spiro atoms. The van der Waals surface area contributed by atoms with Crippen LogP contribution < -0.4 is 0 Å². The average Bonchev–Trinajstić information content (AvgIpc) is 2.47. The van der Waals surface area contributed by atoms with Gasteiger partial charge in [-0.3, -0.25) is 0 Å². The molecule has 1 N–H and O–H groups in total. The van der Waals surface area contributed by atoms with E-state index in [4.69, 9.17) is 14.2 Å². The second-order valence-electron chi connectivity index (χ2n) is 5.37. The summed E-state index contributed by atoms with van der Waals surface area (Å²) in [5, 5.41) is 9.91. The van der Waals surface area contributed by atoms with Gasteiger partial charge in [-0.05, 0) is 53.6 Å². The summed E-state index contributed by atoms with van der Waals surface area (Å²) in [6.07, 6.45) is 0.456. The molecule has 0 aliphatic carbocycles. The second-order valence-corrected chi connectivity index (χ2v) is 6.61. The molecule has 0 saturated carbocycles. The van der Waals surface area contributed by atoms with E-state index in [2.05, 4.69) is 41.6 Å². The first-order valence-electron chi connectivity index (χ1n) is 7.41. The van der Waals surface area contributed by atoms with Gasteiger partial charge in [0.25, 0.3) is 0 Å². The number of halogens is 1. The van der Waals surface area contributed by atoms with Gasteiger partial charge in [0.05, 0.1) is 19.3 Å². The SMILES string of the molecule is CCC[C@H]1OC[C@@H](OCc2ccc(I)cc2)[C@@H](C(C)O)O1. The number of aliphatic hydroxyl groups is 1. The summed E-state index contributed by atoms with van der Waals surface area (Å²) in [6, 6.07) is 8.19. The molecule has 5 heteroatoms. The summed E-state index contributed by atoms with van der Waals surface area (Å²) in [7, 11) is 0. The Morgan fingerprint density at radius 1 is 1.38 bits per heavy atom. The van der Waals surface area contributed by atoms with Crippen LogP contribution in [-0.2, 0) is 20.8 Å². The highest BCUT2D eigenvalue weighted by atomic mass is 127. The minimum Gasteiger partial charge on any atom is -0.391 e. The summed E-state index contributed by atoms with van der Waals surface area (Å²) in [5.41, 5.74) is 1.11. The Bertz CT molecular complexity index is 421. The van der Waals surface area contributed by atoms with E-state index in [9.17, 15) is 5.11 Å². The Morgan fingerprint density at radius 2 is 2.10 bits per heavy atom. The fraction of sp³-hybridized carbons (Fsp3) is 0.625. The first-order valence-corrected chi connectivity index (χ1v) is 8.49. The summed E-state index contributed by atoms with van der Waals surface area (Å²) in [6.45, 7) is 4.78. The number of rotatable bonds is 6. The molecular weight excluding hydrogens is 383 g/mol. The van der Waals surface area contributed by atoms with Gasteiger partial charge in [-0.2, -0.15) is 0 Å². The molecule has 1 saturated heterocycles. The minimum atomic E-state index is -0.574. The Kier molecular flexibility index (Phi) is 6.88. The first kappa shape index (κ1) is 17.1. The van der Waals surface area contributed by atoms with Gasteiger partial charge >= 0.3 is 0 Å². The lowest BCUT2D eigenvalue weighted by Gasteiger charge is -2.37. The highest BCUT2D eigenvalue weighted by Gasteiger charge is 2.35. The van der Waals surface area contributed by atoms with Crippen LogP contribution in [0.1, 0.15) is 32.3 Å². The van der Waals surface area contributed by atoms with Crippen molar-refractivity contribution in [2.45, 2.75) is 57.9 Å². The minimum absolute atomic E-state index is 0.229. The molecule has 118 valence electrons. The largest absolute Gasteiger partial charge is 0.391 e. The van der Waals surface area contributed by atoms with E-state index in [0.717, 1.165) is 18.4 Å². The standard InChI is InChI=1S/C16H23IO4/c1-3-4-15-20-10-14(16(21-15)11(2)18)19-9-12-5-7-13(17)8-6-12/h5-8,11,14-16,18H,3-4,9-10H2,1-2H3/t11?,14-,15+,16-/m1/s1. The van der Waals surface area contributed by atoms with Crippen LogP contribution in [0.2, 0.25) is 0 Å². The number of ether oxygens (including phenoxy) is 3. The third-order valence-electron chi connectivity index (χ3n) is 3.50. The van der Waals surface area contributed by atoms with E-state index in [1.807, 2.05) is 12.1 Å². The Labute approximate surface area is 139 Å². The Morgan fingerprint density at radius 3 is 2.71 bits per heavy atom. The fourth-order valence-corrected chi connectivity index (χ4v) is 2.70. The van der Waals surface area contributed by atoms with Crippen LogP contribution in [0.4, 0.5) is 0 Å². The van der Waals surface area contributed by atoms with Crippen LogP contribution in [0.3, 0.4) is 0 Å². The zero-order valence-corrected chi connectivity index (χ0v) is 14.7. The molecule has 4 nitrogen and oxygen atoms in total. The molecular formula is C16H23IO4. The molecule has 1 aliphatic heterocycles. The monoisotopic (exact) mass is 406 g/mol. The topological polar surface area (TPSA) is 47.9 Å². The molecule has 1 fully saturated rings. The van der Waals surface area contributed by atoms with Crippen molar-refractivity contribution in [3.05, 3.63) is 33.4 Å². The zero-order valence-electron chi connectivity index (χ0n) is 12.5. The third kappa shape index (κ3) is 5.17. The van der Waals surface area contributed by atoms with Crippen LogP contribution in [0.25, 0.3) is 0 Å². The average molecular weight is 406 g/mol. The number of benzene rings is 1. The van der Waals surface area contributed by atoms with Crippen molar-refractivity contribution in [3.8, 4) is 0 Å². The smallest absolute Gasteiger partial charge is 0.158 e. The second kappa shape index (κ2) is 8.43. The van der Waals surface area contributed by atoms with Gasteiger partial charge in [-0.25, -0.2) is 0 Å². The summed E-state index contributed by atoms with van der Waals surface area (Å²) in [5.74, 6) is 0. The predicted molar refractivity (Wildman–Crippen MR) is 88.9 cm³/mol. The molecule has 1 unspecified atom stereocenters. The first-order chi connectivity index (χ1) is 10.1. The molecule has 4 atom stereocenters. The van der Waals surface area contributed by atoms with Crippen molar-refractivity contribution in [2.24, 2.45) is 0 Å². The van der Waals surface area contributed by atoms with Crippen LogP contribution >= 0.6 is 22.6 Å². The summed E-state index contributed by atoms with van der Waals surface area (Å²) >= 11 is 2.28. The van der Waals surface area contributed by atoms with Gasteiger partial charge in [0.1, 0.15) is 12.2 Å². The van der Waals surface area contributed by atoms with Gasteiger partial charge in [0, 0.05) is 3.57 Å². The predicted octanol–water partition coefficient (Wildman–Crippen LogP) is 3.10. The molecule has 1 aromatic carbocycles. The molecule has 1 heterocycles. The van der Waals surface area contributed by atoms with E-state index < -0.39 is 6.10 Å². The molecule has 0 amide bonds. The summed E-state index contributed by atoms with van der Waals surface area (Å²) < 4.78 is 18.6. The maximum atomic E-state index is 9.91. The lowest BCUT2D eigenvalue weighted by molar-refractivity contribution is -0.281. The molecule has 2 rings (SSSR count). The molecule has 0 bridgehead atoms. The summed E-state index contributed by atoms with van der Waals surface area (Å²) in [4.78, 5) is 0. The van der Waals surface area contributed by atoms with Gasteiger partial charge in [-0.1, -0.05) is 25.5 Å². The molecule has 0 radical (unpaired) electrons. The third-order valence-corrected chi connectivity index (χ3v) is 4.22. The normalized spacial score (nSPS) is 27.5. The van der Waals surface area contributed by atoms with Crippen molar-refractivity contribution in [1.29, 1.82) is 0 Å². The quantitative estimate of drug-likeness (QED) is 0.738. The van der Waals surface area contributed by atoms with Gasteiger partial charge in [0.15, 0.2) is 6.29 Å². The van der Waals surface area contributed by atoms with E-state index in [1.165, 1.54) is 3.57 Å². The van der Waals surface area contributed by atoms with Gasteiger partial charge in [-0.15, -0.1) is 0 Å². The van der Waals surface area contributed by atoms with E-state index in [0.29, 0.717) is 13.2 Å². The van der Waals surface area contributed by atoms with Crippen molar-refractivity contribution < 1.29 is 19.3 Å². The number of hydrogen-bond donors (Lipinski definition) is 1. The highest BCUT2D eigenvalue weighted by molar-refractivity contribution is 14.1. The molecule has 1 aliphatic rings. The van der Waals surface area contributed by atoms with Crippen molar-refractivity contribution in [2.75, 3.05) is 6.61 Å². The molecule has 1 aromatic rings. The fourth-order valence-electron chi connectivity index (χ4n) is 2.34. The lowest BCUT2D eigenvalue weighted by Crippen LogP contribution is -2.50. The van der Waals surface area contributed by atoms with E-state index in [1.54, 1.807) is 6.92 Å². The zero-order chi connectivity index (χ0) is 15.2. The van der Waals surface area contributed by atoms with Crippen LogP contribution in [-0.4, -0.2) is 36.3 Å². The van der Waals surface area contributed by atoms with Gasteiger partial charge < -0.3 is 19.3 Å². The van der Waals surface area contributed by atoms with Crippen LogP contribution in [0.15, 0.2) is 24.3 Å². The van der Waals surface area contributed by atoms with E-state index >= 15 is 0 Å². The maximum absolute atomic E-state index is 9.91. The van der Waals surface area contributed by atoms with Crippen molar-refractivity contribution in [3.63, 3.8) is 0 Å². The van der Waals surface area contributed by atoms with Gasteiger partial charge in [0.2, 0.25) is 0 Å². The van der Waals surface area contributed by atoms with Crippen molar-refractivity contribution >= 4 is 22.6 Å². The number of hydrogen-bond acceptors (Lipinski definition) is 4. The van der Waals surface area contributed by atoms with Crippen LogP contribution in [0.5, 0.6) is 0 Å².